The quantitative estimate of drug-likeness (QED) is 0.545. The molecule has 0 saturated heterocycles. The van der Waals surface area contributed by atoms with Crippen molar-refractivity contribution in [2.45, 2.75) is 32.1 Å². The SMILES string of the molecule is O=C1C=CC2(CCC(=O)CC2)C1. The monoisotopic (exact) mass is 164 g/mol. The van der Waals surface area contributed by atoms with Gasteiger partial charge >= 0.3 is 0 Å². The van der Waals surface area contributed by atoms with E-state index in [4.69, 9.17) is 0 Å². The standard InChI is InChI=1S/C10H12O2/c11-8-1-4-10(5-2-8)6-3-9(12)7-10/h3,6H,1-2,4-5,7H2. The highest BCUT2D eigenvalue weighted by Crippen LogP contribution is 2.42. The third-order valence-electron chi connectivity index (χ3n) is 2.95. The Kier molecular flexibility index (Phi) is 1.63. The van der Waals surface area contributed by atoms with Crippen molar-refractivity contribution in [3.63, 3.8) is 0 Å². The Morgan fingerprint density at radius 1 is 1.17 bits per heavy atom. The van der Waals surface area contributed by atoms with Crippen molar-refractivity contribution in [3.8, 4) is 0 Å². The average molecular weight is 164 g/mol. The molecule has 0 aliphatic heterocycles. The first-order chi connectivity index (χ1) is 5.70. The van der Waals surface area contributed by atoms with Gasteiger partial charge in [0.05, 0.1) is 0 Å². The summed E-state index contributed by atoms with van der Waals surface area (Å²) in [5.74, 6) is 0.581. The number of rotatable bonds is 0. The van der Waals surface area contributed by atoms with E-state index in [0.717, 1.165) is 12.8 Å². The number of Topliss-reactive ketones (excluding diaryl/α,β-unsaturated/α-hetero) is 1. The molecule has 0 bridgehead atoms. The first kappa shape index (κ1) is 7.71. The Labute approximate surface area is 71.6 Å². The number of carbonyl (C=O) groups is 2. The fourth-order valence-electron chi connectivity index (χ4n) is 2.10. The van der Waals surface area contributed by atoms with Gasteiger partial charge in [0, 0.05) is 19.3 Å². The second-order valence-corrected chi connectivity index (χ2v) is 3.88. The maximum absolute atomic E-state index is 11.0. The van der Waals surface area contributed by atoms with Crippen LogP contribution in [0.1, 0.15) is 32.1 Å². The molecule has 0 aromatic rings. The van der Waals surface area contributed by atoms with Gasteiger partial charge in [0.15, 0.2) is 5.78 Å². The van der Waals surface area contributed by atoms with E-state index in [0.29, 0.717) is 25.0 Å². The summed E-state index contributed by atoms with van der Waals surface area (Å²) >= 11 is 0. The van der Waals surface area contributed by atoms with Crippen LogP contribution in [0.15, 0.2) is 12.2 Å². The van der Waals surface area contributed by atoms with E-state index in [2.05, 4.69) is 0 Å². The van der Waals surface area contributed by atoms with E-state index in [1.165, 1.54) is 0 Å². The van der Waals surface area contributed by atoms with Crippen LogP contribution in [-0.2, 0) is 9.59 Å². The van der Waals surface area contributed by atoms with Crippen LogP contribution >= 0.6 is 0 Å². The zero-order valence-corrected chi connectivity index (χ0v) is 7.01. The molecule has 2 aliphatic rings. The summed E-state index contributed by atoms with van der Waals surface area (Å²) in [5.41, 5.74) is 0.0744. The molecule has 0 heterocycles. The molecule has 2 nitrogen and oxygen atoms in total. The lowest BCUT2D eigenvalue weighted by Gasteiger charge is -2.29. The Hall–Kier alpha value is -0.920. The molecule has 0 N–H and O–H groups in total. The Balaban J connectivity index is 2.10. The molecule has 2 aliphatic carbocycles. The fourth-order valence-corrected chi connectivity index (χ4v) is 2.10. The molecule has 0 amide bonds. The highest BCUT2D eigenvalue weighted by molar-refractivity contribution is 5.93. The lowest BCUT2D eigenvalue weighted by molar-refractivity contribution is -0.123. The molecular weight excluding hydrogens is 152 g/mol. The summed E-state index contributed by atoms with van der Waals surface area (Å²) in [6, 6.07) is 0. The molecule has 1 fully saturated rings. The Morgan fingerprint density at radius 2 is 1.83 bits per heavy atom. The van der Waals surface area contributed by atoms with Crippen LogP contribution in [0, 0.1) is 5.41 Å². The first-order valence-corrected chi connectivity index (χ1v) is 4.44. The minimum absolute atomic E-state index is 0.0744. The average Bonchev–Trinajstić information content (AvgIpc) is 2.40. The maximum atomic E-state index is 11.0. The van der Waals surface area contributed by atoms with Gasteiger partial charge in [-0.15, -0.1) is 0 Å². The number of ketones is 2. The molecule has 1 saturated carbocycles. The summed E-state index contributed by atoms with van der Waals surface area (Å²) in [6.45, 7) is 0. The second-order valence-electron chi connectivity index (χ2n) is 3.88. The van der Waals surface area contributed by atoms with Gasteiger partial charge in [0.1, 0.15) is 5.78 Å². The predicted octanol–water partition coefficient (Wildman–Crippen LogP) is 1.64. The zero-order valence-electron chi connectivity index (χ0n) is 7.01. The molecule has 0 aromatic heterocycles. The Morgan fingerprint density at radius 3 is 2.33 bits per heavy atom. The van der Waals surface area contributed by atoms with Crippen molar-refractivity contribution in [2.75, 3.05) is 0 Å². The van der Waals surface area contributed by atoms with Gasteiger partial charge in [-0.2, -0.15) is 0 Å². The summed E-state index contributed by atoms with van der Waals surface area (Å²) in [5, 5.41) is 0. The number of hydrogen-bond donors (Lipinski definition) is 0. The highest BCUT2D eigenvalue weighted by Gasteiger charge is 2.36. The van der Waals surface area contributed by atoms with Crippen LogP contribution in [0.2, 0.25) is 0 Å². The lowest BCUT2D eigenvalue weighted by Crippen LogP contribution is -2.24. The normalized spacial score (nSPS) is 27.0. The zero-order chi connectivity index (χ0) is 8.60. The molecular formula is C10H12O2. The minimum Gasteiger partial charge on any atom is -0.300 e. The molecule has 12 heavy (non-hydrogen) atoms. The van der Waals surface area contributed by atoms with E-state index in [9.17, 15) is 9.59 Å². The third-order valence-corrected chi connectivity index (χ3v) is 2.95. The van der Waals surface area contributed by atoms with Crippen LogP contribution in [0.3, 0.4) is 0 Å². The number of carbonyl (C=O) groups excluding carboxylic acids is 2. The van der Waals surface area contributed by atoms with Crippen LogP contribution in [0.25, 0.3) is 0 Å². The van der Waals surface area contributed by atoms with Gasteiger partial charge in [-0.05, 0) is 24.3 Å². The first-order valence-electron chi connectivity index (χ1n) is 4.44. The summed E-state index contributed by atoms with van der Waals surface area (Å²) in [7, 11) is 0. The number of hydrogen-bond acceptors (Lipinski definition) is 2. The summed E-state index contributed by atoms with van der Waals surface area (Å²) < 4.78 is 0. The fraction of sp³-hybridized carbons (Fsp3) is 0.600. The van der Waals surface area contributed by atoms with E-state index >= 15 is 0 Å². The smallest absolute Gasteiger partial charge is 0.156 e. The van der Waals surface area contributed by atoms with Gasteiger partial charge in [0.2, 0.25) is 0 Å². The van der Waals surface area contributed by atoms with Crippen LogP contribution in [0.5, 0.6) is 0 Å². The predicted molar refractivity (Wildman–Crippen MR) is 44.7 cm³/mol. The minimum atomic E-state index is 0.0744. The van der Waals surface area contributed by atoms with E-state index < -0.39 is 0 Å². The van der Waals surface area contributed by atoms with Crippen molar-refractivity contribution in [1.82, 2.24) is 0 Å². The largest absolute Gasteiger partial charge is 0.300 e. The lowest BCUT2D eigenvalue weighted by atomic mass is 9.73. The van der Waals surface area contributed by atoms with Gasteiger partial charge in [0.25, 0.3) is 0 Å². The molecule has 2 heteroatoms. The van der Waals surface area contributed by atoms with Gasteiger partial charge in [-0.1, -0.05) is 6.08 Å². The summed E-state index contributed by atoms with van der Waals surface area (Å²) in [4.78, 5) is 22.0. The Bertz CT molecular complexity index is 253. The molecule has 0 radical (unpaired) electrons. The number of allylic oxidation sites excluding steroid dienone is 2. The van der Waals surface area contributed by atoms with Gasteiger partial charge in [-0.3, -0.25) is 9.59 Å². The van der Waals surface area contributed by atoms with Gasteiger partial charge in [-0.25, -0.2) is 0 Å². The van der Waals surface area contributed by atoms with Crippen molar-refractivity contribution in [1.29, 1.82) is 0 Å². The van der Waals surface area contributed by atoms with Crippen molar-refractivity contribution >= 4 is 11.6 Å². The van der Waals surface area contributed by atoms with Crippen LogP contribution in [-0.4, -0.2) is 11.6 Å². The van der Waals surface area contributed by atoms with Crippen LogP contribution < -0.4 is 0 Å². The molecule has 64 valence electrons. The van der Waals surface area contributed by atoms with E-state index in [-0.39, 0.29) is 11.2 Å². The van der Waals surface area contributed by atoms with Crippen molar-refractivity contribution < 1.29 is 9.59 Å². The molecule has 0 aromatic carbocycles. The second kappa shape index (κ2) is 2.54. The summed E-state index contributed by atoms with van der Waals surface area (Å²) in [6.07, 6.45) is 7.43. The van der Waals surface area contributed by atoms with Crippen molar-refractivity contribution in [3.05, 3.63) is 12.2 Å². The van der Waals surface area contributed by atoms with Crippen molar-refractivity contribution in [2.24, 2.45) is 5.41 Å². The molecule has 2 rings (SSSR count). The molecule has 0 atom stereocenters. The van der Waals surface area contributed by atoms with E-state index in [1.807, 2.05) is 6.08 Å². The molecule has 1 spiro atoms. The van der Waals surface area contributed by atoms with E-state index in [1.54, 1.807) is 6.08 Å². The van der Waals surface area contributed by atoms with Gasteiger partial charge < -0.3 is 0 Å². The topological polar surface area (TPSA) is 34.1 Å². The maximum Gasteiger partial charge on any atom is 0.156 e. The van der Waals surface area contributed by atoms with Crippen LogP contribution in [0.4, 0.5) is 0 Å². The highest BCUT2D eigenvalue weighted by atomic mass is 16.1. The molecule has 0 unspecified atom stereocenters. The third kappa shape index (κ3) is 1.22.